The van der Waals surface area contributed by atoms with Crippen LogP contribution in [0.2, 0.25) is 0 Å². The van der Waals surface area contributed by atoms with Crippen molar-refractivity contribution in [2.75, 3.05) is 13.1 Å². The van der Waals surface area contributed by atoms with E-state index in [0.29, 0.717) is 37.9 Å². The summed E-state index contributed by atoms with van der Waals surface area (Å²) in [6.07, 6.45) is -1.96. The third-order valence-electron chi connectivity index (χ3n) is 4.80. The molecule has 0 spiro atoms. The second-order valence-electron chi connectivity index (χ2n) is 6.82. The van der Waals surface area contributed by atoms with Crippen LogP contribution < -0.4 is 10.6 Å². The molecule has 0 unspecified atom stereocenters. The molecule has 1 amide bonds. The molecule has 0 aliphatic heterocycles. The highest BCUT2D eigenvalue weighted by Crippen LogP contribution is 2.25. The summed E-state index contributed by atoms with van der Waals surface area (Å²) in [5.74, 6) is -0.278. The van der Waals surface area contributed by atoms with Gasteiger partial charge in [-0.2, -0.15) is 18.3 Å². The van der Waals surface area contributed by atoms with E-state index in [1.54, 1.807) is 11.7 Å². The number of aryl methyl sites for hydroxylation is 1. The summed E-state index contributed by atoms with van der Waals surface area (Å²) in [6.45, 7) is -0.546. The van der Waals surface area contributed by atoms with Crippen LogP contribution in [0.4, 0.5) is 13.2 Å². The number of carbonyl (C=O) groups excluding carboxylic acids is 1. The highest BCUT2D eigenvalue weighted by molar-refractivity contribution is 5.94. The Labute approximate surface area is 155 Å². The summed E-state index contributed by atoms with van der Waals surface area (Å²) >= 11 is 0. The first-order chi connectivity index (χ1) is 12.8. The van der Waals surface area contributed by atoms with Gasteiger partial charge in [0, 0.05) is 30.9 Å². The van der Waals surface area contributed by atoms with E-state index in [4.69, 9.17) is 0 Å². The molecule has 5 nitrogen and oxygen atoms in total. The van der Waals surface area contributed by atoms with Crippen LogP contribution in [0.15, 0.2) is 30.3 Å². The molecule has 0 bridgehead atoms. The predicted molar refractivity (Wildman–Crippen MR) is 95.6 cm³/mol. The molecule has 1 aliphatic carbocycles. The standard InChI is InChI=1S/C19H23F3N4O/c1-26-16-8-7-14(24-12-19(20,21)22)11-15(16)17(25-26)18(27)23-10-9-13-5-3-2-4-6-13/h2-6,14,24H,7-12H2,1H3,(H,23,27)/t14-/m1/s1. The van der Waals surface area contributed by atoms with E-state index in [1.165, 1.54) is 0 Å². The zero-order valence-corrected chi connectivity index (χ0v) is 15.1. The molecule has 1 aromatic heterocycles. The topological polar surface area (TPSA) is 59.0 Å². The highest BCUT2D eigenvalue weighted by atomic mass is 19.4. The molecule has 3 rings (SSSR count). The molecule has 1 aliphatic rings. The molecule has 8 heteroatoms. The van der Waals surface area contributed by atoms with Crippen molar-refractivity contribution >= 4 is 5.91 Å². The number of hydrogen-bond donors (Lipinski definition) is 2. The number of nitrogens with zero attached hydrogens (tertiary/aromatic N) is 2. The molecule has 146 valence electrons. The second-order valence-corrected chi connectivity index (χ2v) is 6.82. The smallest absolute Gasteiger partial charge is 0.350 e. The van der Waals surface area contributed by atoms with Crippen molar-refractivity contribution < 1.29 is 18.0 Å². The number of benzene rings is 1. The van der Waals surface area contributed by atoms with Crippen molar-refractivity contribution in [3.8, 4) is 0 Å². The lowest BCUT2D eigenvalue weighted by molar-refractivity contribution is -0.126. The van der Waals surface area contributed by atoms with Gasteiger partial charge in [-0.05, 0) is 31.2 Å². The Morgan fingerprint density at radius 1 is 1.30 bits per heavy atom. The lowest BCUT2D eigenvalue weighted by atomic mass is 9.91. The summed E-state index contributed by atoms with van der Waals surface area (Å²) in [6, 6.07) is 9.50. The van der Waals surface area contributed by atoms with Crippen LogP contribution in [0.3, 0.4) is 0 Å². The van der Waals surface area contributed by atoms with Gasteiger partial charge >= 0.3 is 6.18 Å². The lowest BCUT2D eigenvalue weighted by Crippen LogP contribution is -2.40. The van der Waals surface area contributed by atoms with Crippen LogP contribution in [-0.2, 0) is 26.3 Å². The number of aromatic nitrogens is 2. The van der Waals surface area contributed by atoms with E-state index in [-0.39, 0.29) is 11.9 Å². The van der Waals surface area contributed by atoms with Crippen LogP contribution in [0.5, 0.6) is 0 Å². The summed E-state index contributed by atoms with van der Waals surface area (Å²) in [5, 5.41) is 9.73. The second kappa shape index (κ2) is 8.12. The predicted octanol–water partition coefficient (Wildman–Crippen LogP) is 2.40. The van der Waals surface area contributed by atoms with Crippen LogP contribution >= 0.6 is 0 Å². The number of hydrogen-bond acceptors (Lipinski definition) is 3. The monoisotopic (exact) mass is 380 g/mol. The normalized spacial score (nSPS) is 16.8. The minimum atomic E-state index is -4.24. The van der Waals surface area contributed by atoms with Crippen molar-refractivity contribution in [1.29, 1.82) is 0 Å². The number of rotatable bonds is 6. The maximum Gasteiger partial charge on any atom is 0.401 e. The van der Waals surface area contributed by atoms with Gasteiger partial charge in [0.15, 0.2) is 5.69 Å². The Balaban J connectivity index is 1.62. The van der Waals surface area contributed by atoms with Crippen LogP contribution in [0.25, 0.3) is 0 Å². The van der Waals surface area contributed by atoms with E-state index < -0.39 is 12.7 Å². The number of nitrogens with one attached hydrogen (secondary N) is 2. The highest BCUT2D eigenvalue weighted by Gasteiger charge is 2.32. The minimum absolute atomic E-state index is 0.278. The molecule has 0 saturated heterocycles. The molecule has 2 N–H and O–H groups in total. The van der Waals surface area contributed by atoms with Gasteiger partial charge in [-0.15, -0.1) is 0 Å². The summed E-state index contributed by atoms with van der Waals surface area (Å²) in [7, 11) is 1.77. The van der Waals surface area contributed by atoms with E-state index in [1.807, 2.05) is 30.3 Å². The molecule has 1 aromatic carbocycles. The van der Waals surface area contributed by atoms with Crippen molar-refractivity contribution in [2.24, 2.45) is 7.05 Å². The number of amides is 1. The zero-order chi connectivity index (χ0) is 19.4. The Kier molecular flexibility index (Phi) is 5.84. The maximum atomic E-state index is 12.6. The van der Waals surface area contributed by atoms with Crippen LogP contribution in [-0.4, -0.2) is 41.0 Å². The van der Waals surface area contributed by atoms with Gasteiger partial charge in [0.05, 0.1) is 6.54 Å². The van der Waals surface area contributed by atoms with Gasteiger partial charge in [0.2, 0.25) is 0 Å². The number of alkyl halides is 3. The average Bonchev–Trinajstić information content (AvgIpc) is 2.97. The van der Waals surface area contributed by atoms with Crippen molar-refractivity contribution in [2.45, 2.75) is 37.9 Å². The largest absolute Gasteiger partial charge is 0.401 e. The van der Waals surface area contributed by atoms with E-state index >= 15 is 0 Å². The fourth-order valence-electron chi connectivity index (χ4n) is 3.45. The maximum absolute atomic E-state index is 12.6. The molecule has 1 atom stereocenters. The summed E-state index contributed by atoms with van der Waals surface area (Å²) in [5.41, 5.74) is 3.12. The van der Waals surface area contributed by atoms with Gasteiger partial charge in [0.25, 0.3) is 5.91 Å². The first-order valence-corrected chi connectivity index (χ1v) is 9.00. The molecule has 2 aromatic rings. The molecule has 0 fully saturated rings. The first-order valence-electron chi connectivity index (χ1n) is 9.00. The van der Waals surface area contributed by atoms with Crippen molar-refractivity contribution in [1.82, 2.24) is 20.4 Å². The minimum Gasteiger partial charge on any atom is -0.350 e. The number of fused-ring (bicyclic) bond motifs is 1. The van der Waals surface area contributed by atoms with Crippen LogP contribution in [0.1, 0.15) is 33.7 Å². The molecule has 1 heterocycles. The van der Waals surface area contributed by atoms with Crippen molar-refractivity contribution in [3.63, 3.8) is 0 Å². The molecular weight excluding hydrogens is 357 g/mol. The molecule has 0 saturated carbocycles. The molecular formula is C19H23F3N4O. The molecule has 27 heavy (non-hydrogen) atoms. The number of halogens is 3. The summed E-state index contributed by atoms with van der Waals surface area (Å²) < 4.78 is 39.0. The zero-order valence-electron chi connectivity index (χ0n) is 15.1. The Morgan fingerprint density at radius 2 is 2.04 bits per heavy atom. The fourth-order valence-corrected chi connectivity index (χ4v) is 3.45. The van der Waals surface area contributed by atoms with Crippen LogP contribution in [0, 0.1) is 0 Å². The van der Waals surface area contributed by atoms with Crippen molar-refractivity contribution in [3.05, 3.63) is 52.8 Å². The average molecular weight is 380 g/mol. The van der Waals surface area contributed by atoms with E-state index in [0.717, 1.165) is 16.8 Å². The Morgan fingerprint density at radius 3 is 2.74 bits per heavy atom. The van der Waals surface area contributed by atoms with Gasteiger partial charge in [-0.3, -0.25) is 9.48 Å². The fraction of sp³-hybridized carbons (Fsp3) is 0.474. The third kappa shape index (κ3) is 5.09. The quantitative estimate of drug-likeness (QED) is 0.809. The lowest BCUT2D eigenvalue weighted by Gasteiger charge is -2.24. The van der Waals surface area contributed by atoms with Gasteiger partial charge < -0.3 is 10.6 Å². The first kappa shape index (κ1) is 19.4. The summed E-state index contributed by atoms with van der Waals surface area (Å²) in [4.78, 5) is 12.6. The van der Waals surface area contributed by atoms with E-state index in [9.17, 15) is 18.0 Å². The molecule has 0 radical (unpaired) electrons. The Bertz CT molecular complexity index is 786. The van der Waals surface area contributed by atoms with E-state index in [2.05, 4.69) is 15.7 Å². The van der Waals surface area contributed by atoms with Gasteiger partial charge in [-0.1, -0.05) is 30.3 Å². The third-order valence-corrected chi connectivity index (χ3v) is 4.80. The van der Waals surface area contributed by atoms with Gasteiger partial charge in [-0.25, -0.2) is 0 Å². The number of carbonyl (C=O) groups is 1. The van der Waals surface area contributed by atoms with Gasteiger partial charge in [0.1, 0.15) is 0 Å². The Hall–Kier alpha value is -2.35. The SMILES string of the molecule is Cn1nc(C(=O)NCCc2ccccc2)c2c1CC[C@@H](NCC(F)(F)F)C2.